The van der Waals surface area contributed by atoms with E-state index in [1.807, 2.05) is 12.1 Å². The van der Waals surface area contributed by atoms with Gasteiger partial charge in [-0.3, -0.25) is 4.57 Å². The molecule has 5 rings (SSSR count). The molecule has 2 fully saturated rings. The third kappa shape index (κ3) is 4.42. The van der Waals surface area contributed by atoms with E-state index in [9.17, 15) is 4.79 Å². The predicted octanol–water partition coefficient (Wildman–Crippen LogP) is 4.15. The van der Waals surface area contributed by atoms with Crippen molar-refractivity contribution in [3.8, 4) is 5.75 Å². The second-order valence-electron chi connectivity index (χ2n) is 8.65. The van der Waals surface area contributed by atoms with E-state index in [1.54, 1.807) is 12.1 Å². The zero-order chi connectivity index (χ0) is 22.1. The van der Waals surface area contributed by atoms with Crippen LogP contribution < -0.4 is 9.64 Å². The fourth-order valence-electron chi connectivity index (χ4n) is 4.72. The Morgan fingerprint density at radius 2 is 1.76 bits per heavy atom. The van der Waals surface area contributed by atoms with Crippen LogP contribution in [0.25, 0.3) is 0 Å². The standard InChI is InChI=1S/C25H28N4O3.ClH/c1-28-23(25(13-14-25)19-8-4-3-5-9-19)26-27-24(28)29-15-11-20(12-16-29)32-21-10-6-7-18(17-21)22(30)31-2;/h3-10,17,20H,11-16H2,1-2H3;1H. The maximum atomic E-state index is 11.8. The number of halogens is 1. The summed E-state index contributed by atoms with van der Waals surface area (Å²) in [6.07, 6.45) is 4.10. The first kappa shape index (κ1) is 23.1. The van der Waals surface area contributed by atoms with Crippen molar-refractivity contribution in [2.75, 3.05) is 25.1 Å². The van der Waals surface area contributed by atoms with Crippen LogP contribution in [-0.4, -0.2) is 47.0 Å². The topological polar surface area (TPSA) is 69.5 Å². The molecule has 3 aromatic rings. The monoisotopic (exact) mass is 468 g/mol. The molecule has 1 saturated heterocycles. The minimum absolute atomic E-state index is 0. The maximum Gasteiger partial charge on any atom is 0.337 e. The van der Waals surface area contributed by atoms with Gasteiger partial charge in [0.2, 0.25) is 5.95 Å². The van der Waals surface area contributed by atoms with E-state index >= 15 is 0 Å². The Hall–Kier alpha value is -3.06. The van der Waals surface area contributed by atoms with E-state index in [1.165, 1.54) is 12.7 Å². The Balaban J connectivity index is 0.00000259. The van der Waals surface area contributed by atoms with Gasteiger partial charge in [-0.1, -0.05) is 36.4 Å². The maximum absolute atomic E-state index is 11.8. The molecule has 2 heterocycles. The normalized spacial score (nSPS) is 17.2. The number of rotatable bonds is 6. The van der Waals surface area contributed by atoms with Gasteiger partial charge in [-0.15, -0.1) is 22.6 Å². The van der Waals surface area contributed by atoms with E-state index in [2.05, 4.69) is 57.0 Å². The van der Waals surface area contributed by atoms with Crippen molar-refractivity contribution in [1.82, 2.24) is 14.8 Å². The summed E-state index contributed by atoms with van der Waals surface area (Å²) in [5, 5.41) is 9.19. The molecule has 2 aliphatic rings. The molecule has 1 aliphatic carbocycles. The zero-order valence-corrected chi connectivity index (χ0v) is 19.8. The summed E-state index contributed by atoms with van der Waals surface area (Å²) in [5.41, 5.74) is 1.83. The van der Waals surface area contributed by atoms with Crippen LogP contribution in [0.2, 0.25) is 0 Å². The number of carbonyl (C=O) groups excluding carboxylic acids is 1. The molecular weight excluding hydrogens is 440 g/mol. The summed E-state index contributed by atoms with van der Waals surface area (Å²) >= 11 is 0. The van der Waals surface area contributed by atoms with Crippen molar-refractivity contribution in [2.24, 2.45) is 7.05 Å². The molecule has 0 amide bonds. The van der Waals surface area contributed by atoms with Crippen LogP contribution in [0.4, 0.5) is 5.95 Å². The lowest BCUT2D eigenvalue weighted by atomic mass is 9.95. The molecule has 1 saturated carbocycles. The van der Waals surface area contributed by atoms with Gasteiger partial charge in [0.25, 0.3) is 0 Å². The summed E-state index contributed by atoms with van der Waals surface area (Å²) in [5.74, 6) is 2.32. The molecule has 174 valence electrons. The lowest BCUT2D eigenvalue weighted by Gasteiger charge is -2.32. The molecule has 2 aromatic carbocycles. The van der Waals surface area contributed by atoms with Gasteiger partial charge in [-0.2, -0.15) is 0 Å². The largest absolute Gasteiger partial charge is 0.490 e. The van der Waals surface area contributed by atoms with Crippen LogP contribution in [0.5, 0.6) is 5.75 Å². The average molecular weight is 469 g/mol. The Morgan fingerprint density at radius 3 is 2.42 bits per heavy atom. The summed E-state index contributed by atoms with van der Waals surface area (Å²) in [7, 11) is 3.46. The molecule has 0 radical (unpaired) electrons. The highest BCUT2D eigenvalue weighted by molar-refractivity contribution is 5.89. The molecular formula is C25H29ClN4O3. The fourth-order valence-corrected chi connectivity index (χ4v) is 4.72. The summed E-state index contributed by atoms with van der Waals surface area (Å²) < 4.78 is 13.1. The van der Waals surface area contributed by atoms with Gasteiger partial charge >= 0.3 is 5.97 Å². The second-order valence-corrected chi connectivity index (χ2v) is 8.65. The smallest absolute Gasteiger partial charge is 0.337 e. The predicted molar refractivity (Wildman–Crippen MR) is 128 cm³/mol. The number of piperidine rings is 1. The van der Waals surface area contributed by atoms with Crippen molar-refractivity contribution in [3.63, 3.8) is 0 Å². The van der Waals surface area contributed by atoms with Crippen molar-refractivity contribution in [2.45, 2.75) is 37.2 Å². The van der Waals surface area contributed by atoms with E-state index in [0.29, 0.717) is 11.3 Å². The minimum Gasteiger partial charge on any atom is -0.490 e. The summed E-state index contributed by atoms with van der Waals surface area (Å²) in [6, 6.07) is 17.8. The highest BCUT2D eigenvalue weighted by Gasteiger charge is 2.50. The van der Waals surface area contributed by atoms with Crippen LogP contribution in [0.1, 0.15) is 47.4 Å². The lowest BCUT2D eigenvalue weighted by Crippen LogP contribution is -2.39. The zero-order valence-electron chi connectivity index (χ0n) is 18.9. The van der Waals surface area contributed by atoms with Gasteiger partial charge in [0.1, 0.15) is 17.7 Å². The van der Waals surface area contributed by atoms with Gasteiger partial charge in [0, 0.05) is 33.0 Å². The Labute approximate surface area is 200 Å². The fraction of sp³-hybridized carbons (Fsp3) is 0.400. The molecule has 1 aliphatic heterocycles. The quantitative estimate of drug-likeness (QED) is 0.506. The molecule has 1 aromatic heterocycles. The number of methoxy groups -OCH3 is 1. The number of hydrogen-bond donors (Lipinski definition) is 0. The number of benzene rings is 2. The first-order valence-electron chi connectivity index (χ1n) is 11.2. The second kappa shape index (κ2) is 9.43. The van der Waals surface area contributed by atoms with Crippen molar-refractivity contribution in [3.05, 3.63) is 71.5 Å². The van der Waals surface area contributed by atoms with Gasteiger partial charge in [-0.05, 0) is 36.6 Å². The van der Waals surface area contributed by atoms with Crippen LogP contribution in [0.3, 0.4) is 0 Å². The summed E-state index contributed by atoms with van der Waals surface area (Å²) in [6.45, 7) is 1.71. The number of anilines is 1. The van der Waals surface area contributed by atoms with Crippen LogP contribution in [0, 0.1) is 0 Å². The number of carbonyl (C=O) groups is 1. The van der Waals surface area contributed by atoms with Gasteiger partial charge in [0.05, 0.1) is 18.1 Å². The van der Waals surface area contributed by atoms with Crippen LogP contribution in [-0.2, 0) is 17.2 Å². The van der Waals surface area contributed by atoms with E-state index in [0.717, 1.165) is 50.5 Å². The number of esters is 1. The van der Waals surface area contributed by atoms with Crippen molar-refractivity contribution >= 4 is 24.3 Å². The van der Waals surface area contributed by atoms with Gasteiger partial charge in [-0.25, -0.2) is 4.79 Å². The first-order valence-corrected chi connectivity index (χ1v) is 11.2. The van der Waals surface area contributed by atoms with Crippen molar-refractivity contribution in [1.29, 1.82) is 0 Å². The van der Waals surface area contributed by atoms with Crippen molar-refractivity contribution < 1.29 is 14.3 Å². The highest BCUT2D eigenvalue weighted by atomic mass is 35.5. The molecule has 7 nitrogen and oxygen atoms in total. The van der Waals surface area contributed by atoms with Crippen LogP contribution >= 0.6 is 12.4 Å². The Bertz CT molecular complexity index is 1110. The lowest BCUT2D eigenvalue weighted by molar-refractivity contribution is 0.0599. The molecule has 0 N–H and O–H groups in total. The van der Waals surface area contributed by atoms with E-state index in [-0.39, 0.29) is 29.9 Å². The number of hydrogen-bond acceptors (Lipinski definition) is 6. The molecule has 0 spiro atoms. The average Bonchev–Trinajstić information content (AvgIpc) is 3.56. The number of nitrogens with zero attached hydrogens (tertiary/aromatic N) is 4. The Kier molecular flexibility index (Phi) is 6.61. The Morgan fingerprint density at radius 1 is 1.03 bits per heavy atom. The molecule has 0 bridgehead atoms. The van der Waals surface area contributed by atoms with Crippen LogP contribution in [0.15, 0.2) is 54.6 Å². The third-order valence-electron chi connectivity index (χ3n) is 6.64. The molecule has 8 heteroatoms. The van der Waals surface area contributed by atoms with E-state index < -0.39 is 0 Å². The third-order valence-corrected chi connectivity index (χ3v) is 6.64. The number of ether oxygens (including phenoxy) is 2. The SMILES string of the molecule is COC(=O)c1cccc(OC2CCN(c3nnc(C4(c5ccccc5)CC4)n3C)CC2)c1.Cl. The minimum atomic E-state index is -0.354. The first-order chi connectivity index (χ1) is 15.6. The highest BCUT2D eigenvalue weighted by Crippen LogP contribution is 2.53. The van der Waals surface area contributed by atoms with Gasteiger partial charge < -0.3 is 14.4 Å². The number of aromatic nitrogens is 3. The summed E-state index contributed by atoms with van der Waals surface area (Å²) in [4.78, 5) is 14.1. The molecule has 0 unspecified atom stereocenters. The molecule has 33 heavy (non-hydrogen) atoms. The molecule has 0 atom stereocenters. The van der Waals surface area contributed by atoms with Gasteiger partial charge in [0.15, 0.2) is 0 Å². The van der Waals surface area contributed by atoms with E-state index in [4.69, 9.17) is 9.47 Å².